The van der Waals surface area contributed by atoms with Gasteiger partial charge in [0.05, 0.1) is 6.54 Å². The third-order valence-corrected chi connectivity index (χ3v) is 5.21. The number of carbonyl (C=O) groups is 2. The number of rotatable bonds is 5. The molecule has 8 heteroatoms. The Bertz CT molecular complexity index is 756. The summed E-state index contributed by atoms with van der Waals surface area (Å²) in [7, 11) is -3.33. The number of aryl methyl sites for hydroxylation is 2. The van der Waals surface area contributed by atoms with Gasteiger partial charge in [-0.3, -0.25) is 14.5 Å². The summed E-state index contributed by atoms with van der Waals surface area (Å²) >= 11 is 0. The van der Waals surface area contributed by atoms with Crippen LogP contribution in [-0.2, 0) is 19.4 Å². The van der Waals surface area contributed by atoms with E-state index in [-0.39, 0.29) is 18.4 Å². The molecular weight excluding hydrogens is 354 g/mol. The average molecular weight is 381 g/mol. The molecule has 0 radical (unpaired) electrons. The number of hydrogen-bond donors (Lipinski definition) is 1. The van der Waals surface area contributed by atoms with Gasteiger partial charge in [0.15, 0.2) is 9.84 Å². The molecule has 2 amide bonds. The second-order valence-corrected chi connectivity index (χ2v) is 9.04. The largest absolute Gasteiger partial charge is 0.340 e. The van der Waals surface area contributed by atoms with E-state index >= 15 is 0 Å². The van der Waals surface area contributed by atoms with Crippen LogP contribution in [0.1, 0.15) is 17.5 Å². The van der Waals surface area contributed by atoms with Crippen molar-refractivity contribution in [1.29, 1.82) is 0 Å². The first-order valence-corrected chi connectivity index (χ1v) is 10.8. The maximum absolute atomic E-state index is 12.4. The van der Waals surface area contributed by atoms with E-state index in [1.54, 1.807) is 4.90 Å². The summed E-state index contributed by atoms with van der Waals surface area (Å²) < 4.78 is 22.6. The molecule has 0 unspecified atom stereocenters. The third kappa shape index (κ3) is 6.10. The molecule has 0 atom stereocenters. The topological polar surface area (TPSA) is 86.8 Å². The molecule has 0 aliphatic carbocycles. The number of para-hydroxylation sites is 1. The predicted molar refractivity (Wildman–Crippen MR) is 102 cm³/mol. The SMILES string of the molecule is Cc1cccc(C)c1NC(=O)CN1CCCN(C(=O)CS(C)(=O)=O)CC1. The zero-order valence-corrected chi connectivity index (χ0v) is 16.4. The summed E-state index contributed by atoms with van der Waals surface area (Å²) in [5.41, 5.74) is 2.89. The molecule has 26 heavy (non-hydrogen) atoms. The van der Waals surface area contributed by atoms with Crippen LogP contribution in [0.5, 0.6) is 0 Å². The van der Waals surface area contributed by atoms with Gasteiger partial charge in [-0.25, -0.2) is 8.42 Å². The summed E-state index contributed by atoms with van der Waals surface area (Å²) in [6, 6.07) is 5.87. The number of amides is 2. The molecule has 1 aliphatic rings. The number of anilines is 1. The number of nitrogens with zero attached hydrogens (tertiary/aromatic N) is 2. The van der Waals surface area contributed by atoms with Gasteiger partial charge in [-0.15, -0.1) is 0 Å². The first-order chi connectivity index (χ1) is 12.2. The zero-order chi connectivity index (χ0) is 19.3. The molecule has 1 N–H and O–H groups in total. The molecule has 0 spiro atoms. The monoisotopic (exact) mass is 381 g/mol. The highest BCUT2D eigenvalue weighted by molar-refractivity contribution is 7.91. The Morgan fingerprint density at radius 3 is 2.35 bits per heavy atom. The van der Waals surface area contributed by atoms with Crippen molar-refractivity contribution in [2.24, 2.45) is 0 Å². The Labute approximate surface area is 155 Å². The van der Waals surface area contributed by atoms with Crippen molar-refractivity contribution in [2.45, 2.75) is 20.3 Å². The van der Waals surface area contributed by atoms with Crippen molar-refractivity contribution in [1.82, 2.24) is 9.80 Å². The molecule has 1 fully saturated rings. The standard InChI is InChI=1S/C18H27N3O4S/c1-14-6-4-7-15(2)18(14)19-16(22)12-20-8-5-9-21(11-10-20)17(23)13-26(3,24)25/h4,6-7H,5,8-13H2,1-3H3,(H,19,22). The van der Waals surface area contributed by atoms with Crippen molar-refractivity contribution in [3.63, 3.8) is 0 Å². The molecule has 0 bridgehead atoms. The Morgan fingerprint density at radius 1 is 1.08 bits per heavy atom. The van der Waals surface area contributed by atoms with E-state index in [1.807, 2.05) is 36.9 Å². The summed E-state index contributed by atoms with van der Waals surface area (Å²) in [6.45, 7) is 6.37. The van der Waals surface area contributed by atoms with Crippen LogP contribution in [0.3, 0.4) is 0 Å². The molecule has 0 aromatic heterocycles. The summed E-state index contributed by atoms with van der Waals surface area (Å²) in [5.74, 6) is -0.910. The van der Waals surface area contributed by atoms with Gasteiger partial charge in [0.1, 0.15) is 5.75 Å². The van der Waals surface area contributed by atoms with Gasteiger partial charge in [-0.2, -0.15) is 0 Å². The minimum Gasteiger partial charge on any atom is -0.340 e. The normalized spacial score (nSPS) is 16.2. The third-order valence-electron chi connectivity index (χ3n) is 4.44. The van der Waals surface area contributed by atoms with E-state index < -0.39 is 15.6 Å². The highest BCUT2D eigenvalue weighted by Gasteiger charge is 2.23. The number of hydrogen-bond acceptors (Lipinski definition) is 5. The number of benzene rings is 1. The van der Waals surface area contributed by atoms with Gasteiger partial charge in [0.2, 0.25) is 11.8 Å². The molecule has 1 heterocycles. The van der Waals surface area contributed by atoms with Crippen LogP contribution in [-0.4, -0.2) is 74.8 Å². The summed E-state index contributed by atoms with van der Waals surface area (Å²) in [4.78, 5) is 28.0. The van der Waals surface area contributed by atoms with Crippen LogP contribution >= 0.6 is 0 Å². The van der Waals surface area contributed by atoms with Crippen molar-refractivity contribution in [3.05, 3.63) is 29.3 Å². The van der Waals surface area contributed by atoms with Crippen molar-refractivity contribution in [3.8, 4) is 0 Å². The lowest BCUT2D eigenvalue weighted by Crippen LogP contribution is -2.39. The molecule has 144 valence electrons. The fourth-order valence-corrected chi connectivity index (χ4v) is 3.72. The summed E-state index contributed by atoms with van der Waals surface area (Å²) in [5, 5.41) is 2.97. The summed E-state index contributed by atoms with van der Waals surface area (Å²) in [6.07, 6.45) is 1.78. The highest BCUT2D eigenvalue weighted by Crippen LogP contribution is 2.19. The molecule has 1 aromatic carbocycles. The van der Waals surface area contributed by atoms with Crippen LogP contribution in [0.4, 0.5) is 5.69 Å². The lowest BCUT2D eigenvalue weighted by molar-refractivity contribution is -0.128. The maximum atomic E-state index is 12.4. The predicted octanol–water partition coefficient (Wildman–Crippen LogP) is 0.821. The first-order valence-electron chi connectivity index (χ1n) is 8.69. The van der Waals surface area contributed by atoms with Gasteiger partial charge in [0, 0.05) is 38.1 Å². The van der Waals surface area contributed by atoms with Crippen LogP contribution in [0, 0.1) is 13.8 Å². The zero-order valence-electron chi connectivity index (χ0n) is 15.6. The maximum Gasteiger partial charge on any atom is 0.238 e. The smallest absolute Gasteiger partial charge is 0.238 e. The van der Waals surface area contributed by atoms with Crippen LogP contribution in [0.15, 0.2) is 18.2 Å². The fourth-order valence-electron chi connectivity index (χ4n) is 3.09. The van der Waals surface area contributed by atoms with E-state index in [0.717, 1.165) is 23.1 Å². The lowest BCUT2D eigenvalue weighted by atomic mass is 10.1. The number of sulfone groups is 1. The van der Waals surface area contributed by atoms with Crippen LogP contribution < -0.4 is 5.32 Å². The van der Waals surface area contributed by atoms with Gasteiger partial charge in [-0.05, 0) is 31.4 Å². The second-order valence-electron chi connectivity index (χ2n) is 6.90. The Morgan fingerprint density at radius 2 is 1.73 bits per heavy atom. The molecule has 1 aromatic rings. The van der Waals surface area contributed by atoms with E-state index in [2.05, 4.69) is 5.32 Å². The number of nitrogens with one attached hydrogen (secondary N) is 1. The molecule has 2 rings (SSSR count). The minimum absolute atomic E-state index is 0.0849. The van der Waals surface area contributed by atoms with Crippen LogP contribution in [0.2, 0.25) is 0 Å². The van der Waals surface area contributed by atoms with Crippen molar-refractivity contribution in [2.75, 3.05) is 50.0 Å². The van der Waals surface area contributed by atoms with Crippen LogP contribution in [0.25, 0.3) is 0 Å². The highest BCUT2D eigenvalue weighted by atomic mass is 32.2. The minimum atomic E-state index is -3.33. The quantitative estimate of drug-likeness (QED) is 0.816. The Balaban J connectivity index is 1.89. The fraction of sp³-hybridized carbons (Fsp3) is 0.556. The van der Waals surface area contributed by atoms with Crippen molar-refractivity contribution < 1.29 is 18.0 Å². The molecule has 0 saturated carbocycles. The Hall–Kier alpha value is -1.93. The molecule has 1 saturated heterocycles. The van der Waals surface area contributed by atoms with E-state index in [4.69, 9.17) is 0 Å². The van der Waals surface area contributed by atoms with Gasteiger partial charge < -0.3 is 10.2 Å². The first kappa shape index (κ1) is 20.4. The van der Waals surface area contributed by atoms with Gasteiger partial charge in [-0.1, -0.05) is 18.2 Å². The second kappa shape index (κ2) is 8.64. The van der Waals surface area contributed by atoms with Gasteiger partial charge >= 0.3 is 0 Å². The molecule has 1 aliphatic heterocycles. The van der Waals surface area contributed by atoms with E-state index in [9.17, 15) is 18.0 Å². The van der Waals surface area contributed by atoms with E-state index in [1.165, 1.54) is 0 Å². The number of carbonyl (C=O) groups excluding carboxylic acids is 2. The molecule has 7 nitrogen and oxygen atoms in total. The molecular formula is C18H27N3O4S. The lowest BCUT2D eigenvalue weighted by Gasteiger charge is -2.22. The van der Waals surface area contributed by atoms with Gasteiger partial charge in [0.25, 0.3) is 0 Å². The average Bonchev–Trinajstić information content (AvgIpc) is 2.75. The van der Waals surface area contributed by atoms with Crippen molar-refractivity contribution >= 4 is 27.3 Å². The van der Waals surface area contributed by atoms with E-state index in [0.29, 0.717) is 32.6 Å². The Kier molecular flexibility index (Phi) is 6.77.